The van der Waals surface area contributed by atoms with E-state index < -0.39 is 0 Å². The van der Waals surface area contributed by atoms with Crippen LogP contribution in [0.15, 0.2) is 18.2 Å². The zero-order valence-electron chi connectivity index (χ0n) is 15.3. The zero-order valence-corrected chi connectivity index (χ0v) is 15.3. The molecule has 1 aromatic carbocycles. The van der Waals surface area contributed by atoms with Crippen molar-refractivity contribution < 1.29 is 14.3 Å². The molecular formula is C19H29N3O3. The lowest BCUT2D eigenvalue weighted by atomic mass is 9.96. The average molecular weight is 347 g/mol. The van der Waals surface area contributed by atoms with E-state index in [1.54, 1.807) is 14.2 Å². The molecule has 1 saturated carbocycles. The minimum atomic E-state index is 0.0910. The minimum Gasteiger partial charge on any atom is -0.497 e. The molecule has 1 heterocycles. The van der Waals surface area contributed by atoms with Gasteiger partial charge in [0.25, 0.3) is 0 Å². The Hall–Kier alpha value is -2.11. The molecule has 1 aliphatic heterocycles. The van der Waals surface area contributed by atoms with Gasteiger partial charge >= 0.3 is 6.03 Å². The number of hydrogen-bond donors (Lipinski definition) is 1. The second-order valence-electron chi connectivity index (χ2n) is 6.80. The number of amides is 2. The predicted octanol–water partition coefficient (Wildman–Crippen LogP) is 2.87. The molecule has 2 fully saturated rings. The van der Waals surface area contributed by atoms with E-state index in [4.69, 9.17) is 9.47 Å². The van der Waals surface area contributed by atoms with Crippen LogP contribution in [0.25, 0.3) is 0 Å². The monoisotopic (exact) mass is 347 g/mol. The standard InChI is InChI=1S/C19H29N3O3/c1-24-16-8-9-17(18(14-16)25-2)21-10-12-22(13-11-21)19(23)20-15-6-4-3-5-7-15/h8-9,14-15H,3-7,10-13H2,1-2H3,(H,20,23). The summed E-state index contributed by atoms with van der Waals surface area (Å²) in [5.74, 6) is 1.59. The summed E-state index contributed by atoms with van der Waals surface area (Å²) in [6.45, 7) is 3.07. The van der Waals surface area contributed by atoms with Crippen LogP contribution in [0, 0.1) is 0 Å². The van der Waals surface area contributed by atoms with Crippen molar-refractivity contribution in [3.05, 3.63) is 18.2 Å². The zero-order chi connectivity index (χ0) is 17.6. The topological polar surface area (TPSA) is 54.0 Å². The highest BCUT2D eigenvalue weighted by atomic mass is 16.5. The third kappa shape index (κ3) is 4.30. The molecule has 1 aliphatic carbocycles. The van der Waals surface area contributed by atoms with Crippen LogP contribution in [0.4, 0.5) is 10.5 Å². The largest absolute Gasteiger partial charge is 0.497 e. The van der Waals surface area contributed by atoms with Crippen molar-refractivity contribution in [3.8, 4) is 11.5 Å². The highest BCUT2D eigenvalue weighted by molar-refractivity contribution is 5.75. The molecule has 1 aromatic rings. The van der Waals surface area contributed by atoms with Crippen LogP contribution < -0.4 is 19.7 Å². The molecule has 6 heteroatoms. The molecule has 6 nitrogen and oxygen atoms in total. The first-order chi connectivity index (χ1) is 12.2. The van der Waals surface area contributed by atoms with Gasteiger partial charge in [-0.1, -0.05) is 19.3 Å². The molecule has 0 aromatic heterocycles. The van der Waals surface area contributed by atoms with Crippen LogP contribution in [0.1, 0.15) is 32.1 Å². The first kappa shape index (κ1) is 17.7. The van der Waals surface area contributed by atoms with Crippen LogP contribution in [0.5, 0.6) is 11.5 Å². The van der Waals surface area contributed by atoms with Gasteiger partial charge in [0.05, 0.1) is 19.9 Å². The molecule has 138 valence electrons. The fraction of sp³-hybridized carbons (Fsp3) is 0.632. The molecule has 0 spiro atoms. The number of urea groups is 1. The molecule has 3 rings (SSSR count). The maximum absolute atomic E-state index is 12.5. The van der Waals surface area contributed by atoms with E-state index in [1.807, 2.05) is 23.1 Å². The number of nitrogens with zero attached hydrogens (tertiary/aromatic N) is 2. The van der Waals surface area contributed by atoms with Gasteiger partial charge in [0.2, 0.25) is 0 Å². The van der Waals surface area contributed by atoms with Gasteiger partial charge in [0, 0.05) is 38.3 Å². The summed E-state index contributed by atoms with van der Waals surface area (Å²) in [4.78, 5) is 16.7. The van der Waals surface area contributed by atoms with Crippen molar-refractivity contribution >= 4 is 11.7 Å². The first-order valence-electron chi connectivity index (χ1n) is 9.23. The Morgan fingerprint density at radius 2 is 1.76 bits per heavy atom. The number of carbonyl (C=O) groups is 1. The third-order valence-corrected chi connectivity index (χ3v) is 5.23. The summed E-state index contributed by atoms with van der Waals surface area (Å²) in [5, 5.41) is 3.21. The molecule has 25 heavy (non-hydrogen) atoms. The Bertz CT molecular complexity index is 579. The molecule has 0 radical (unpaired) electrons. The fourth-order valence-corrected chi connectivity index (χ4v) is 3.71. The number of methoxy groups -OCH3 is 2. The predicted molar refractivity (Wildman–Crippen MR) is 98.7 cm³/mol. The van der Waals surface area contributed by atoms with Crippen LogP contribution in [0.3, 0.4) is 0 Å². The smallest absolute Gasteiger partial charge is 0.317 e. The first-order valence-corrected chi connectivity index (χ1v) is 9.23. The number of anilines is 1. The second-order valence-corrected chi connectivity index (χ2v) is 6.80. The summed E-state index contributed by atoms with van der Waals surface area (Å²) in [7, 11) is 3.32. The van der Waals surface area contributed by atoms with Crippen molar-refractivity contribution in [2.45, 2.75) is 38.1 Å². The lowest BCUT2D eigenvalue weighted by molar-refractivity contribution is 0.186. The van der Waals surface area contributed by atoms with Crippen LogP contribution in [-0.4, -0.2) is 57.4 Å². The lowest BCUT2D eigenvalue weighted by Gasteiger charge is -2.37. The van der Waals surface area contributed by atoms with Gasteiger partial charge in [-0.3, -0.25) is 0 Å². The summed E-state index contributed by atoms with van der Waals surface area (Å²) in [6.07, 6.45) is 6.00. The van der Waals surface area contributed by atoms with Crippen LogP contribution >= 0.6 is 0 Å². The number of rotatable bonds is 4. The van der Waals surface area contributed by atoms with Crippen molar-refractivity contribution in [1.29, 1.82) is 0 Å². The molecule has 2 aliphatic rings. The molecular weight excluding hydrogens is 318 g/mol. The highest BCUT2D eigenvalue weighted by Gasteiger charge is 2.25. The Morgan fingerprint density at radius 3 is 2.40 bits per heavy atom. The summed E-state index contributed by atoms with van der Waals surface area (Å²) >= 11 is 0. The third-order valence-electron chi connectivity index (χ3n) is 5.23. The van der Waals surface area contributed by atoms with E-state index in [0.29, 0.717) is 6.04 Å². The van der Waals surface area contributed by atoms with Gasteiger partial charge in [-0.15, -0.1) is 0 Å². The van der Waals surface area contributed by atoms with Gasteiger partial charge in [-0.2, -0.15) is 0 Å². The van der Waals surface area contributed by atoms with E-state index >= 15 is 0 Å². The number of ether oxygens (including phenoxy) is 2. The Balaban J connectivity index is 1.55. The number of piperazine rings is 1. The van der Waals surface area contributed by atoms with Gasteiger partial charge < -0.3 is 24.6 Å². The molecule has 0 bridgehead atoms. The van der Waals surface area contributed by atoms with Crippen molar-refractivity contribution in [1.82, 2.24) is 10.2 Å². The maximum Gasteiger partial charge on any atom is 0.317 e. The fourth-order valence-electron chi connectivity index (χ4n) is 3.71. The number of carbonyl (C=O) groups excluding carboxylic acids is 1. The Morgan fingerprint density at radius 1 is 1.04 bits per heavy atom. The average Bonchev–Trinajstić information content (AvgIpc) is 2.68. The van der Waals surface area contributed by atoms with Crippen molar-refractivity contribution in [2.75, 3.05) is 45.3 Å². The lowest BCUT2D eigenvalue weighted by Crippen LogP contribution is -2.53. The summed E-state index contributed by atoms with van der Waals surface area (Å²) in [5.41, 5.74) is 1.05. The molecule has 1 saturated heterocycles. The van der Waals surface area contributed by atoms with E-state index in [0.717, 1.165) is 56.2 Å². The van der Waals surface area contributed by atoms with E-state index in [-0.39, 0.29) is 6.03 Å². The van der Waals surface area contributed by atoms with Crippen molar-refractivity contribution in [2.24, 2.45) is 0 Å². The Labute approximate surface area is 150 Å². The minimum absolute atomic E-state index is 0.0910. The molecule has 1 N–H and O–H groups in total. The number of benzene rings is 1. The summed E-state index contributed by atoms with van der Waals surface area (Å²) in [6, 6.07) is 6.32. The molecule has 0 atom stereocenters. The highest BCUT2D eigenvalue weighted by Crippen LogP contribution is 2.32. The quantitative estimate of drug-likeness (QED) is 0.910. The van der Waals surface area contributed by atoms with E-state index in [2.05, 4.69) is 10.2 Å². The molecule has 0 unspecified atom stereocenters. The van der Waals surface area contributed by atoms with E-state index in [9.17, 15) is 4.79 Å². The second kappa shape index (κ2) is 8.32. The Kier molecular flexibility index (Phi) is 5.89. The SMILES string of the molecule is COc1ccc(N2CCN(C(=O)NC3CCCCC3)CC2)c(OC)c1. The van der Waals surface area contributed by atoms with Gasteiger partial charge in [0.15, 0.2) is 0 Å². The van der Waals surface area contributed by atoms with E-state index in [1.165, 1.54) is 19.3 Å². The van der Waals surface area contributed by atoms with Gasteiger partial charge in [0.1, 0.15) is 11.5 Å². The normalized spacial score (nSPS) is 18.8. The summed E-state index contributed by atoms with van der Waals surface area (Å²) < 4.78 is 10.8. The molecule has 2 amide bonds. The van der Waals surface area contributed by atoms with Gasteiger partial charge in [-0.25, -0.2) is 4.79 Å². The van der Waals surface area contributed by atoms with Crippen LogP contribution in [-0.2, 0) is 0 Å². The maximum atomic E-state index is 12.5. The van der Waals surface area contributed by atoms with Crippen molar-refractivity contribution in [3.63, 3.8) is 0 Å². The van der Waals surface area contributed by atoms with Gasteiger partial charge in [-0.05, 0) is 25.0 Å². The number of nitrogens with one attached hydrogen (secondary N) is 1. The van der Waals surface area contributed by atoms with Crippen LogP contribution in [0.2, 0.25) is 0 Å². The number of hydrogen-bond acceptors (Lipinski definition) is 4.